The number of methoxy groups -OCH3 is 2. The number of thiazole rings is 1. The molecule has 4 aromatic rings. The molecule has 0 unspecified atom stereocenters. The first-order chi connectivity index (χ1) is 14.7. The van der Waals surface area contributed by atoms with Crippen molar-refractivity contribution < 1.29 is 19.0 Å². The van der Waals surface area contributed by atoms with E-state index < -0.39 is 6.03 Å². The Morgan fingerprint density at radius 2 is 1.77 bits per heavy atom. The molecule has 0 aliphatic heterocycles. The highest BCUT2D eigenvalue weighted by Crippen LogP contribution is 2.36. The number of amides is 2. The second-order valence-electron chi connectivity index (χ2n) is 5.93. The van der Waals surface area contributed by atoms with E-state index >= 15 is 0 Å². The molecule has 0 spiro atoms. The molecule has 0 aliphatic rings. The van der Waals surface area contributed by atoms with Crippen LogP contribution in [0.2, 0.25) is 0 Å². The molecule has 3 heterocycles. The van der Waals surface area contributed by atoms with Crippen LogP contribution < -0.4 is 24.8 Å². The fourth-order valence-electron chi connectivity index (χ4n) is 2.71. The monoisotopic (exact) mass is 423 g/mol. The van der Waals surface area contributed by atoms with Crippen molar-refractivity contribution in [3.05, 3.63) is 54.3 Å². The summed E-state index contributed by atoms with van der Waals surface area (Å²) in [5, 5.41) is 8.30. The zero-order chi connectivity index (χ0) is 20.9. The molecule has 1 aromatic carbocycles. The Kier molecular flexibility index (Phi) is 5.57. The van der Waals surface area contributed by atoms with Crippen molar-refractivity contribution in [2.75, 3.05) is 24.9 Å². The Labute approximate surface area is 175 Å². The van der Waals surface area contributed by atoms with Gasteiger partial charge in [0.05, 0.1) is 25.9 Å². The lowest BCUT2D eigenvalue weighted by Gasteiger charge is -2.12. The maximum atomic E-state index is 12.0. The quantitative estimate of drug-likeness (QED) is 0.469. The average Bonchev–Trinajstić information content (AvgIpc) is 3.27. The maximum absolute atomic E-state index is 12.0. The number of urea groups is 1. The number of fused-ring (bicyclic) bond motifs is 1. The predicted molar refractivity (Wildman–Crippen MR) is 114 cm³/mol. The Morgan fingerprint density at radius 1 is 0.933 bits per heavy atom. The minimum Gasteiger partial charge on any atom is -0.493 e. The summed E-state index contributed by atoms with van der Waals surface area (Å²) in [5.41, 5.74) is 0.704. The molecule has 9 nitrogen and oxygen atoms in total. The van der Waals surface area contributed by atoms with Crippen LogP contribution in [-0.4, -0.2) is 35.2 Å². The van der Waals surface area contributed by atoms with E-state index in [4.69, 9.17) is 14.2 Å². The van der Waals surface area contributed by atoms with Crippen LogP contribution in [0.5, 0.6) is 23.0 Å². The standard InChI is InChI=1S/C20H17N5O4S/c1-27-16-9-13-14(10-17(16)28-2)21-6-5-15(13)29-12-3-4-18(23-11-12)24-19(26)25-20-22-7-8-30-20/h3-11H,1-2H3,(H2,22,23,24,25,26). The molecule has 2 amide bonds. The minimum atomic E-state index is -0.424. The van der Waals surface area contributed by atoms with Crippen LogP contribution in [0.1, 0.15) is 0 Å². The number of anilines is 2. The van der Waals surface area contributed by atoms with Gasteiger partial charge in [-0.25, -0.2) is 14.8 Å². The van der Waals surface area contributed by atoms with Gasteiger partial charge in [-0.2, -0.15) is 0 Å². The molecule has 3 aromatic heterocycles. The van der Waals surface area contributed by atoms with Gasteiger partial charge in [-0.1, -0.05) is 0 Å². The highest BCUT2D eigenvalue weighted by atomic mass is 32.1. The van der Waals surface area contributed by atoms with Gasteiger partial charge >= 0.3 is 6.03 Å². The summed E-state index contributed by atoms with van der Waals surface area (Å²) in [5.74, 6) is 2.63. The number of rotatable bonds is 6. The van der Waals surface area contributed by atoms with Crippen molar-refractivity contribution in [3.8, 4) is 23.0 Å². The summed E-state index contributed by atoms with van der Waals surface area (Å²) in [7, 11) is 3.14. The van der Waals surface area contributed by atoms with Crippen LogP contribution in [-0.2, 0) is 0 Å². The third-order valence-corrected chi connectivity index (χ3v) is 4.75. The van der Waals surface area contributed by atoms with Crippen molar-refractivity contribution in [1.29, 1.82) is 0 Å². The summed E-state index contributed by atoms with van der Waals surface area (Å²) in [6.45, 7) is 0. The second kappa shape index (κ2) is 8.62. The van der Waals surface area contributed by atoms with Crippen molar-refractivity contribution in [3.63, 3.8) is 0 Å². The number of hydrogen-bond donors (Lipinski definition) is 2. The summed E-state index contributed by atoms with van der Waals surface area (Å²) in [6, 6.07) is 8.27. The lowest BCUT2D eigenvalue weighted by atomic mass is 10.2. The van der Waals surface area contributed by atoms with Crippen LogP contribution in [0.4, 0.5) is 15.7 Å². The van der Waals surface area contributed by atoms with E-state index in [1.54, 1.807) is 56.3 Å². The van der Waals surface area contributed by atoms with Gasteiger partial charge in [0, 0.05) is 29.2 Å². The summed E-state index contributed by atoms with van der Waals surface area (Å²) < 4.78 is 16.7. The summed E-state index contributed by atoms with van der Waals surface area (Å²) >= 11 is 1.33. The zero-order valence-electron chi connectivity index (χ0n) is 16.1. The van der Waals surface area contributed by atoms with E-state index in [1.807, 2.05) is 6.07 Å². The first kappa shape index (κ1) is 19.4. The molecular formula is C20H17N5O4S. The lowest BCUT2D eigenvalue weighted by Crippen LogP contribution is -2.19. The van der Waals surface area contributed by atoms with Crippen LogP contribution in [0, 0.1) is 0 Å². The van der Waals surface area contributed by atoms with Crippen molar-refractivity contribution in [1.82, 2.24) is 15.0 Å². The Balaban J connectivity index is 1.50. The van der Waals surface area contributed by atoms with Crippen molar-refractivity contribution >= 4 is 39.2 Å². The third kappa shape index (κ3) is 4.23. The number of nitrogens with one attached hydrogen (secondary N) is 2. The Hall–Kier alpha value is -3.92. The second-order valence-corrected chi connectivity index (χ2v) is 6.83. The van der Waals surface area contributed by atoms with E-state index in [0.717, 1.165) is 5.39 Å². The van der Waals surface area contributed by atoms with Gasteiger partial charge in [0.15, 0.2) is 16.6 Å². The number of carbonyl (C=O) groups excluding carboxylic acids is 1. The first-order valence-electron chi connectivity index (χ1n) is 8.78. The normalized spacial score (nSPS) is 10.5. The van der Waals surface area contributed by atoms with Crippen LogP contribution >= 0.6 is 11.3 Å². The van der Waals surface area contributed by atoms with Gasteiger partial charge in [0.1, 0.15) is 17.3 Å². The molecule has 30 heavy (non-hydrogen) atoms. The highest BCUT2D eigenvalue weighted by Gasteiger charge is 2.12. The lowest BCUT2D eigenvalue weighted by molar-refractivity contribution is 0.262. The zero-order valence-corrected chi connectivity index (χ0v) is 16.9. The topological polar surface area (TPSA) is 107 Å². The molecule has 0 bridgehead atoms. The number of nitrogens with zero attached hydrogens (tertiary/aromatic N) is 3. The smallest absolute Gasteiger partial charge is 0.326 e. The number of ether oxygens (including phenoxy) is 3. The van der Waals surface area contributed by atoms with Crippen molar-refractivity contribution in [2.24, 2.45) is 0 Å². The predicted octanol–water partition coefficient (Wildman–Crippen LogP) is 4.54. The summed E-state index contributed by atoms with van der Waals surface area (Å²) in [4.78, 5) is 24.5. The average molecular weight is 423 g/mol. The fraction of sp³-hybridized carbons (Fsp3) is 0.100. The van der Waals surface area contributed by atoms with E-state index in [9.17, 15) is 4.79 Å². The minimum absolute atomic E-state index is 0.377. The van der Waals surface area contributed by atoms with E-state index in [2.05, 4.69) is 25.6 Å². The van der Waals surface area contributed by atoms with Gasteiger partial charge in [0.25, 0.3) is 0 Å². The Bertz CT molecular complexity index is 1170. The van der Waals surface area contributed by atoms with E-state index in [1.165, 1.54) is 17.5 Å². The molecule has 0 aliphatic carbocycles. The van der Waals surface area contributed by atoms with Gasteiger partial charge in [-0.15, -0.1) is 11.3 Å². The summed E-state index contributed by atoms with van der Waals surface area (Å²) in [6.07, 6.45) is 4.78. The molecule has 10 heteroatoms. The Morgan fingerprint density at radius 3 is 2.47 bits per heavy atom. The molecular weight excluding hydrogens is 406 g/mol. The molecule has 0 saturated heterocycles. The van der Waals surface area contributed by atoms with Gasteiger partial charge in [0.2, 0.25) is 0 Å². The van der Waals surface area contributed by atoms with E-state index in [0.29, 0.717) is 39.5 Å². The van der Waals surface area contributed by atoms with Crippen LogP contribution in [0.15, 0.2) is 54.3 Å². The van der Waals surface area contributed by atoms with Crippen molar-refractivity contribution in [2.45, 2.75) is 0 Å². The molecule has 152 valence electrons. The largest absolute Gasteiger partial charge is 0.493 e. The molecule has 0 radical (unpaired) electrons. The van der Waals surface area contributed by atoms with E-state index in [-0.39, 0.29) is 0 Å². The van der Waals surface area contributed by atoms with Gasteiger partial charge < -0.3 is 14.2 Å². The first-order valence-corrected chi connectivity index (χ1v) is 9.66. The molecule has 0 fully saturated rings. The van der Waals surface area contributed by atoms with Crippen LogP contribution in [0.25, 0.3) is 10.9 Å². The molecule has 2 N–H and O–H groups in total. The van der Waals surface area contributed by atoms with Gasteiger partial charge in [-0.05, 0) is 24.3 Å². The molecule has 0 saturated carbocycles. The number of pyridine rings is 2. The highest BCUT2D eigenvalue weighted by molar-refractivity contribution is 7.13. The number of benzene rings is 1. The number of carbonyl (C=O) groups is 1. The SMILES string of the molecule is COc1cc2nccc(Oc3ccc(NC(=O)Nc4nccs4)nc3)c2cc1OC. The number of hydrogen-bond acceptors (Lipinski definition) is 8. The fourth-order valence-corrected chi connectivity index (χ4v) is 3.23. The molecule has 0 atom stereocenters. The van der Waals surface area contributed by atoms with Crippen LogP contribution in [0.3, 0.4) is 0 Å². The molecule has 4 rings (SSSR count). The third-order valence-electron chi connectivity index (χ3n) is 4.07. The number of aromatic nitrogens is 3. The van der Waals surface area contributed by atoms with Gasteiger partial charge in [-0.3, -0.25) is 15.6 Å². The maximum Gasteiger partial charge on any atom is 0.326 e.